The van der Waals surface area contributed by atoms with Gasteiger partial charge in [-0.25, -0.2) is 9.18 Å². The molecule has 2 aromatic carbocycles. The maximum atomic E-state index is 13.0. The number of para-hydroxylation sites is 1. The number of carbonyl (C=O) groups is 2. The van der Waals surface area contributed by atoms with Crippen molar-refractivity contribution in [2.24, 2.45) is 5.41 Å². The van der Waals surface area contributed by atoms with E-state index in [1.807, 2.05) is 6.92 Å². The maximum Gasteiger partial charge on any atom is 0.321 e. The lowest BCUT2D eigenvalue weighted by molar-refractivity contribution is -0.132. The third kappa shape index (κ3) is 4.81. The summed E-state index contributed by atoms with van der Waals surface area (Å²) in [6, 6.07) is 12.8. The largest absolute Gasteiger partial charge is 0.351 e. The minimum absolute atomic E-state index is 0.118. The molecule has 1 fully saturated rings. The van der Waals surface area contributed by atoms with Crippen LogP contribution in [0.5, 0.6) is 0 Å². The summed E-state index contributed by atoms with van der Waals surface area (Å²) in [5.74, 6) is -0.429. The van der Waals surface area contributed by atoms with E-state index in [9.17, 15) is 14.0 Å². The first-order valence-electron chi connectivity index (χ1n) is 9.21. The monoisotopic (exact) mass is 403 g/mol. The Morgan fingerprint density at radius 1 is 1.18 bits per heavy atom. The van der Waals surface area contributed by atoms with Gasteiger partial charge in [0.05, 0.1) is 16.1 Å². The minimum Gasteiger partial charge on any atom is -0.351 e. The molecule has 0 bridgehead atoms. The molecule has 0 radical (unpaired) electrons. The number of halogens is 2. The molecule has 148 valence electrons. The van der Waals surface area contributed by atoms with E-state index in [1.165, 1.54) is 12.1 Å². The van der Waals surface area contributed by atoms with Crippen LogP contribution < -0.4 is 10.6 Å². The molecule has 1 aliphatic rings. The zero-order chi connectivity index (χ0) is 20.1. The average Bonchev–Trinajstić information content (AvgIpc) is 2.69. The summed E-state index contributed by atoms with van der Waals surface area (Å²) in [4.78, 5) is 27.0. The molecule has 5 nitrogen and oxygen atoms in total. The molecule has 1 atom stereocenters. The van der Waals surface area contributed by atoms with Gasteiger partial charge in [0.1, 0.15) is 5.82 Å². The molecule has 0 spiro atoms. The molecule has 2 aromatic rings. The molecule has 0 aromatic heterocycles. The predicted octanol–water partition coefficient (Wildman–Crippen LogP) is 4.43. The maximum absolute atomic E-state index is 13.0. The van der Waals surface area contributed by atoms with Crippen molar-refractivity contribution in [1.82, 2.24) is 10.2 Å². The third-order valence-electron chi connectivity index (χ3n) is 5.01. The summed E-state index contributed by atoms with van der Waals surface area (Å²) in [6.45, 7) is 3.08. The van der Waals surface area contributed by atoms with Crippen molar-refractivity contribution in [3.8, 4) is 0 Å². The number of benzene rings is 2. The first-order valence-corrected chi connectivity index (χ1v) is 9.58. The van der Waals surface area contributed by atoms with Gasteiger partial charge in [-0.05, 0) is 49.6 Å². The molecule has 0 aliphatic carbocycles. The van der Waals surface area contributed by atoms with Crippen molar-refractivity contribution < 1.29 is 14.0 Å². The summed E-state index contributed by atoms with van der Waals surface area (Å²) in [7, 11) is 0. The van der Waals surface area contributed by atoms with Gasteiger partial charge in [0, 0.05) is 19.6 Å². The van der Waals surface area contributed by atoms with Gasteiger partial charge in [0.25, 0.3) is 0 Å². The van der Waals surface area contributed by atoms with E-state index in [-0.39, 0.29) is 17.8 Å². The van der Waals surface area contributed by atoms with Gasteiger partial charge >= 0.3 is 6.03 Å². The molecule has 1 aliphatic heterocycles. The fourth-order valence-corrected chi connectivity index (χ4v) is 3.54. The van der Waals surface area contributed by atoms with Crippen LogP contribution in [-0.4, -0.2) is 29.9 Å². The van der Waals surface area contributed by atoms with Crippen molar-refractivity contribution in [2.75, 3.05) is 18.4 Å². The molecule has 0 saturated carbocycles. The molecule has 7 heteroatoms. The van der Waals surface area contributed by atoms with Gasteiger partial charge in [0.2, 0.25) is 5.91 Å². The van der Waals surface area contributed by atoms with Crippen LogP contribution in [0.3, 0.4) is 0 Å². The molecule has 28 heavy (non-hydrogen) atoms. The number of rotatable bonds is 4. The average molecular weight is 404 g/mol. The highest BCUT2D eigenvalue weighted by Crippen LogP contribution is 2.30. The summed E-state index contributed by atoms with van der Waals surface area (Å²) >= 11 is 6.10. The Morgan fingerprint density at radius 3 is 2.61 bits per heavy atom. The van der Waals surface area contributed by atoms with Crippen LogP contribution in [0.2, 0.25) is 5.02 Å². The second-order valence-corrected chi connectivity index (χ2v) is 7.71. The quantitative estimate of drug-likeness (QED) is 0.793. The van der Waals surface area contributed by atoms with E-state index in [1.54, 1.807) is 41.3 Å². The highest BCUT2D eigenvalue weighted by atomic mass is 35.5. The second kappa shape index (κ2) is 8.61. The molecule has 1 saturated heterocycles. The molecular formula is C21H23ClFN3O2. The molecule has 3 rings (SSSR count). The number of likely N-dealkylation sites (tertiary alicyclic amines) is 1. The van der Waals surface area contributed by atoms with Crippen molar-refractivity contribution >= 4 is 29.2 Å². The smallest absolute Gasteiger partial charge is 0.321 e. The number of anilines is 1. The topological polar surface area (TPSA) is 61.4 Å². The molecule has 1 heterocycles. The summed E-state index contributed by atoms with van der Waals surface area (Å²) in [6.07, 6.45) is 1.43. The lowest BCUT2D eigenvalue weighted by atomic mass is 9.81. The normalized spacial score (nSPS) is 19.2. The first kappa shape index (κ1) is 20.1. The van der Waals surface area contributed by atoms with Gasteiger partial charge in [0.15, 0.2) is 0 Å². The standard InChI is InChI=1S/C21H23ClFN3O2/c1-21(19(27)24-13-15-7-9-16(23)10-8-15)11-4-12-26(14-21)20(28)25-18-6-3-2-5-17(18)22/h2-3,5-10H,4,11-14H2,1H3,(H,24,27)(H,25,28). The van der Waals surface area contributed by atoms with Gasteiger partial charge < -0.3 is 15.5 Å². The van der Waals surface area contributed by atoms with Crippen LogP contribution in [-0.2, 0) is 11.3 Å². The molecule has 1 unspecified atom stereocenters. The van der Waals surface area contributed by atoms with Crippen LogP contribution in [0.4, 0.5) is 14.9 Å². The van der Waals surface area contributed by atoms with Gasteiger partial charge in [-0.15, -0.1) is 0 Å². The minimum atomic E-state index is -0.684. The van der Waals surface area contributed by atoms with Crippen LogP contribution in [0, 0.1) is 11.2 Å². The van der Waals surface area contributed by atoms with Crippen LogP contribution in [0.15, 0.2) is 48.5 Å². The number of nitrogens with one attached hydrogen (secondary N) is 2. The molecule has 2 N–H and O–H groups in total. The van der Waals surface area contributed by atoms with E-state index in [0.717, 1.165) is 12.0 Å². The van der Waals surface area contributed by atoms with Gasteiger partial charge in [-0.1, -0.05) is 35.9 Å². The van der Waals surface area contributed by atoms with Crippen molar-refractivity contribution in [3.05, 3.63) is 64.9 Å². The Balaban J connectivity index is 1.60. The number of urea groups is 1. The lowest BCUT2D eigenvalue weighted by Gasteiger charge is -2.39. The summed E-state index contributed by atoms with van der Waals surface area (Å²) < 4.78 is 13.0. The van der Waals surface area contributed by atoms with E-state index in [0.29, 0.717) is 36.8 Å². The lowest BCUT2D eigenvalue weighted by Crippen LogP contribution is -2.52. The van der Waals surface area contributed by atoms with Crippen molar-refractivity contribution in [3.63, 3.8) is 0 Å². The van der Waals surface area contributed by atoms with E-state index in [4.69, 9.17) is 11.6 Å². The fourth-order valence-electron chi connectivity index (χ4n) is 3.35. The highest BCUT2D eigenvalue weighted by molar-refractivity contribution is 6.33. The third-order valence-corrected chi connectivity index (χ3v) is 5.34. The Morgan fingerprint density at radius 2 is 1.89 bits per heavy atom. The van der Waals surface area contributed by atoms with Gasteiger partial charge in [-0.3, -0.25) is 4.79 Å². The Bertz CT molecular complexity index is 859. The van der Waals surface area contributed by atoms with Crippen molar-refractivity contribution in [1.29, 1.82) is 0 Å². The van der Waals surface area contributed by atoms with Crippen molar-refractivity contribution in [2.45, 2.75) is 26.3 Å². The van der Waals surface area contributed by atoms with Crippen LogP contribution in [0.1, 0.15) is 25.3 Å². The summed E-state index contributed by atoms with van der Waals surface area (Å²) in [5.41, 5.74) is 0.681. The number of amides is 3. The number of carbonyl (C=O) groups excluding carboxylic acids is 2. The Labute approximate surface area is 168 Å². The zero-order valence-corrected chi connectivity index (χ0v) is 16.4. The number of hydrogen-bond acceptors (Lipinski definition) is 2. The zero-order valence-electron chi connectivity index (χ0n) is 15.7. The Hall–Kier alpha value is -2.60. The number of nitrogens with zero attached hydrogens (tertiary/aromatic N) is 1. The SMILES string of the molecule is CC1(C(=O)NCc2ccc(F)cc2)CCCN(C(=O)Nc2ccccc2Cl)C1. The van der Waals surface area contributed by atoms with Crippen LogP contribution >= 0.6 is 11.6 Å². The fraction of sp³-hybridized carbons (Fsp3) is 0.333. The summed E-state index contributed by atoms with van der Waals surface area (Å²) in [5, 5.41) is 6.18. The second-order valence-electron chi connectivity index (χ2n) is 7.30. The Kier molecular flexibility index (Phi) is 6.19. The van der Waals surface area contributed by atoms with E-state index < -0.39 is 5.41 Å². The van der Waals surface area contributed by atoms with Gasteiger partial charge in [-0.2, -0.15) is 0 Å². The number of piperidine rings is 1. The number of hydrogen-bond donors (Lipinski definition) is 2. The predicted molar refractivity (Wildman–Crippen MR) is 108 cm³/mol. The highest BCUT2D eigenvalue weighted by Gasteiger charge is 2.39. The molecule has 3 amide bonds. The van der Waals surface area contributed by atoms with Crippen LogP contribution in [0.25, 0.3) is 0 Å². The first-order chi connectivity index (χ1) is 13.4. The van der Waals surface area contributed by atoms with E-state index in [2.05, 4.69) is 10.6 Å². The van der Waals surface area contributed by atoms with E-state index >= 15 is 0 Å². The molecular weight excluding hydrogens is 381 g/mol.